The van der Waals surface area contributed by atoms with Crippen molar-refractivity contribution in [2.24, 2.45) is 5.92 Å². The fraction of sp³-hybridized carbons (Fsp3) is 0.455. The average molecular weight is 163 g/mol. The minimum absolute atomic E-state index is 0.580. The van der Waals surface area contributed by atoms with Crippen LogP contribution in [0.3, 0.4) is 0 Å². The summed E-state index contributed by atoms with van der Waals surface area (Å²) >= 11 is 0. The molecule has 1 heteroatoms. The predicted molar refractivity (Wildman–Crippen MR) is 53.6 cm³/mol. The van der Waals surface area contributed by atoms with Crippen molar-refractivity contribution in [1.82, 2.24) is 4.90 Å². The van der Waals surface area contributed by atoms with Crippen molar-refractivity contribution >= 4 is 0 Å². The normalized spacial score (nSPS) is 23.2. The van der Waals surface area contributed by atoms with Gasteiger partial charge in [0.2, 0.25) is 0 Å². The molecule has 0 spiro atoms. The van der Waals surface area contributed by atoms with E-state index < -0.39 is 0 Å². The summed E-state index contributed by atoms with van der Waals surface area (Å²) < 4.78 is 0. The van der Waals surface area contributed by atoms with Crippen LogP contribution >= 0.6 is 0 Å². The van der Waals surface area contributed by atoms with Crippen molar-refractivity contribution in [3.63, 3.8) is 0 Å². The van der Waals surface area contributed by atoms with Gasteiger partial charge in [-0.05, 0) is 24.6 Å². The van der Waals surface area contributed by atoms with Gasteiger partial charge in [0.05, 0.1) is 0 Å². The summed E-state index contributed by atoms with van der Waals surface area (Å²) in [6, 6.07) is 0. The molecule has 1 nitrogen and oxygen atoms in total. The van der Waals surface area contributed by atoms with Gasteiger partial charge < -0.3 is 4.90 Å². The molecular weight excluding hydrogens is 146 g/mol. The zero-order chi connectivity index (χ0) is 9.14. The van der Waals surface area contributed by atoms with Crippen LogP contribution < -0.4 is 0 Å². The Morgan fingerprint density at radius 3 is 2.92 bits per heavy atom. The Labute approximate surface area is 75.1 Å². The van der Waals surface area contributed by atoms with Crippen molar-refractivity contribution in [3.8, 4) is 0 Å². The molecule has 0 radical (unpaired) electrons. The van der Waals surface area contributed by atoms with Crippen LogP contribution in [0.15, 0.2) is 36.2 Å². The first-order chi connectivity index (χ1) is 5.66. The van der Waals surface area contributed by atoms with Crippen LogP contribution in [0.25, 0.3) is 0 Å². The third-order valence-electron chi connectivity index (χ3n) is 2.50. The average Bonchev–Trinajstić information content (AvgIpc) is 2.06. The first-order valence-corrected chi connectivity index (χ1v) is 4.38. The van der Waals surface area contributed by atoms with Gasteiger partial charge in [-0.1, -0.05) is 19.1 Å². The number of nitrogens with zero attached hydrogens (tertiary/aromatic N) is 1. The zero-order valence-corrected chi connectivity index (χ0v) is 8.17. The van der Waals surface area contributed by atoms with Gasteiger partial charge in [-0.15, -0.1) is 6.58 Å². The van der Waals surface area contributed by atoms with E-state index in [4.69, 9.17) is 0 Å². The lowest BCUT2D eigenvalue weighted by Crippen LogP contribution is -2.18. The maximum Gasteiger partial charge on any atom is 0.0203 e. The maximum absolute atomic E-state index is 3.76. The summed E-state index contributed by atoms with van der Waals surface area (Å²) in [5, 5.41) is 0. The molecule has 0 saturated carbocycles. The van der Waals surface area contributed by atoms with Crippen LogP contribution in [-0.2, 0) is 0 Å². The molecule has 0 N–H and O–H groups in total. The van der Waals surface area contributed by atoms with Gasteiger partial charge in [-0.25, -0.2) is 0 Å². The number of hydrogen-bond acceptors (Lipinski definition) is 1. The number of hydrogen-bond donors (Lipinski definition) is 0. The molecule has 1 aliphatic heterocycles. The van der Waals surface area contributed by atoms with E-state index in [0.29, 0.717) is 5.92 Å². The van der Waals surface area contributed by atoms with E-state index in [2.05, 4.69) is 44.6 Å². The highest BCUT2D eigenvalue weighted by atomic mass is 15.1. The van der Waals surface area contributed by atoms with Crippen molar-refractivity contribution < 1.29 is 0 Å². The quantitative estimate of drug-likeness (QED) is 0.566. The van der Waals surface area contributed by atoms with Crippen molar-refractivity contribution in [2.45, 2.75) is 20.3 Å². The predicted octanol–water partition coefficient (Wildman–Crippen LogP) is 2.93. The topological polar surface area (TPSA) is 3.24 Å². The smallest absolute Gasteiger partial charge is 0.0203 e. The van der Waals surface area contributed by atoms with Gasteiger partial charge in [-0.2, -0.15) is 0 Å². The van der Waals surface area contributed by atoms with E-state index in [1.165, 1.54) is 11.3 Å². The van der Waals surface area contributed by atoms with Gasteiger partial charge in [0, 0.05) is 19.2 Å². The largest absolute Gasteiger partial charge is 0.354 e. The van der Waals surface area contributed by atoms with Gasteiger partial charge in [0.1, 0.15) is 0 Å². The Balaban J connectivity index is 2.89. The van der Waals surface area contributed by atoms with E-state index in [9.17, 15) is 0 Å². The SMILES string of the molecule is C=CCC1=C(C)[C@@H](C)C=CN1C. The third kappa shape index (κ3) is 1.60. The minimum atomic E-state index is 0.580. The number of allylic oxidation sites excluding steroid dienone is 3. The molecule has 0 aliphatic carbocycles. The maximum atomic E-state index is 3.76. The second-order valence-electron chi connectivity index (χ2n) is 3.36. The summed E-state index contributed by atoms with van der Waals surface area (Å²) in [6.07, 6.45) is 7.29. The molecule has 1 aliphatic rings. The Kier molecular flexibility index (Phi) is 2.74. The van der Waals surface area contributed by atoms with Gasteiger partial charge in [0.25, 0.3) is 0 Å². The van der Waals surface area contributed by atoms with Gasteiger partial charge in [0.15, 0.2) is 0 Å². The molecule has 0 bridgehead atoms. The van der Waals surface area contributed by atoms with Crippen LogP contribution in [0.1, 0.15) is 20.3 Å². The highest BCUT2D eigenvalue weighted by molar-refractivity contribution is 5.24. The molecule has 0 aromatic heterocycles. The second kappa shape index (κ2) is 3.61. The minimum Gasteiger partial charge on any atom is -0.354 e. The van der Waals surface area contributed by atoms with E-state index in [1.54, 1.807) is 0 Å². The molecule has 1 heterocycles. The van der Waals surface area contributed by atoms with Crippen molar-refractivity contribution in [3.05, 3.63) is 36.2 Å². The highest BCUT2D eigenvalue weighted by Crippen LogP contribution is 2.25. The first-order valence-electron chi connectivity index (χ1n) is 4.38. The lowest BCUT2D eigenvalue weighted by molar-refractivity contribution is 0.513. The summed E-state index contributed by atoms with van der Waals surface area (Å²) in [5.74, 6) is 0.580. The Morgan fingerprint density at radius 1 is 1.67 bits per heavy atom. The molecule has 0 fully saturated rings. The van der Waals surface area contributed by atoms with Crippen LogP contribution in [-0.4, -0.2) is 11.9 Å². The fourth-order valence-electron chi connectivity index (χ4n) is 1.48. The van der Waals surface area contributed by atoms with Crippen molar-refractivity contribution in [1.29, 1.82) is 0 Å². The second-order valence-corrected chi connectivity index (χ2v) is 3.36. The molecule has 0 aromatic carbocycles. The Morgan fingerprint density at radius 2 is 2.33 bits per heavy atom. The van der Waals surface area contributed by atoms with Gasteiger partial charge in [-0.3, -0.25) is 0 Å². The Bertz CT molecular complexity index is 235. The molecular formula is C11H17N. The molecule has 0 amide bonds. The molecule has 66 valence electrons. The lowest BCUT2D eigenvalue weighted by atomic mass is 9.96. The van der Waals surface area contributed by atoms with Crippen LogP contribution in [0, 0.1) is 5.92 Å². The zero-order valence-electron chi connectivity index (χ0n) is 8.17. The Hall–Kier alpha value is -0.980. The molecule has 0 saturated heterocycles. The van der Waals surface area contributed by atoms with Gasteiger partial charge >= 0.3 is 0 Å². The van der Waals surface area contributed by atoms with E-state index in [0.717, 1.165) is 6.42 Å². The first kappa shape index (κ1) is 9.11. The lowest BCUT2D eigenvalue weighted by Gasteiger charge is -2.27. The fourth-order valence-corrected chi connectivity index (χ4v) is 1.48. The molecule has 0 unspecified atom stereocenters. The highest BCUT2D eigenvalue weighted by Gasteiger charge is 2.13. The monoisotopic (exact) mass is 163 g/mol. The summed E-state index contributed by atoms with van der Waals surface area (Å²) in [5.41, 5.74) is 2.85. The summed E-state index contributed by atoms with van der Waals surface area (Å²) in [7, 11) is 2.09. The van der Waals surface area contributed by atoms with Crippen LogP contribution in [0.2, 0.25) is 0 Å². The summed E-state index contributed by atoms with van der Waals surface area (Å²) in [4.78, 5) is 2.18. The van der Waals surface area contributed by atoms with Crippen LogP contribution in [0.5, 0.6) is 0 Å². The molecule has 1 rings (SSSR count). The van der Waals surface area contributed by atoms with E-state index >= 15 is 0 Å². The third-order valence-corrected chi connectivity index (χ3v) is 2.50. The number of rotatable bonds is 2. The molecule has 0 aromatic rings. The van der Waals surface area contributed by atoms with Crippen LogP contribution in [0.4, 0.5) is 0 Å². The van der Waals surface area contributed by atoms with Crippen molar-refractivity contribution in [2.75, 3.05) is 7.05 Å². The molecule has 1 atom stereocenters. The summed E-state index contributed by atoms with van der Waals surface area (Å²) in [6.45, 7) is 8.19. The standard InChI is InChI=1S/C11H17N/c1-5-6-11-10(3)9(2)7-8-12(11)4/h5,7-9H,1,6H2,2-4H3/t9-/m0/s1. The van der Waals surface area contributed by atoms with E-state index in [-0.39, 0.29) is 0 Å². The van der Waals surface area contributed by atoms with E-state index in [1.807, 2.05) is 6.08 Å². The molecule has 12 heavy (non-hydrogen) atoms.